The number of aliphatic carboxylic acids is 1. The molecular weight excluding hydrogens is 528 g/mol. The molecule has 5 N–H and O–H groups in total. The zero-order valence-electron chi connectivity index (χ0n) is 27.2. The van der Waals surface area contributed by atoms with Crippen LogP contribution in [0.15, 0.2) is 11.6 Å². The van der Waals surface area contributed by atoms with E-state index in [0.29, 0.717) is 11.8 Å². The van der Waals surface area contributed by atoms with E-state index in [0.717, 1.165) is 64.2 Å². The summed E-state index contributed by atoms with van der Waals surface area (Å²) in [5, 5.41) is 10.6. The van der Waals surface area contributed by atoms with Crippen molar-refractivity contribution in [2.24, 2.45) is 61.7 Å². The lowest BCUT2D eigenvalue weighted by Gasteiger charge is -2.71. The van der Waals surface area contributed by atoms with Gasteiger partial charge < -0.3 is 21.3 Å². The van der Waals surface area contributed by atoms with Crippen LogP contribution in [0, 0.1) is 50.2 Å². The second-order valence-electron chi connectivity index (χ2n) is 17.1. The molecule has 7 nitrogen and oxygen atoms in total. The minimum atomic E-state index is -0.841. The van der Waals surface area contributed by atoms with Crippen LogP contribution in [0.3, 0.4) is 0 Å². The van der Waals surface area contributed by atoms with E-state index in [1.54, 1.807) is 0 Å². The fourth-order valence-electron chi connectivity index (χ4n) is 11.5. The number of carbonyl (C=O) groups is 3. The Morgan fingerprint density at radius 1 is 0.952 bits per heavy atom. The van der Waals surface area contributed by atoms with Crippen molar-refractivity contribution in [3.63, 3.8) is 0 Å². The summed E-state index contributed by atoms with van der Waals surface area (Å²) in [4.78, 5) is 37.0. The van der Waals surface area contributed by atoms with Gasteiger partial charge in [0.05, 0.1) is 5.41 Å². The van der Waals surface area contributed by atoms with Gasteiger partial charge in [-0.2, -0.15) is 0 Å². The number of ether oxygens (including phenoxy) is 1. The van der Waals surface area contributed by atoms with Crippen molar-refractivity contribution in [1.29, 1.82) is 0 Å². The molecule has 5 aliphatic carbocycles. The van der Waals surface area contributed by atoms with Crippen LogP contribution in [0.4, 0.5) is 0 Å². The highest BCUT2D eigenvalue weighted by atomic mass is 16.5. The van der Waals surface area contributed by atoms with E-state index in [-0.39, 0.29) is 51.9 Å². The molecular formula is C35H56N2O5. The Labute approximate surface area is 253 Å². The standard InChI is InChI=1S/C35H56N2O5/c1-30(2)16-18-35(29(40)41)19-17-33(6)21(22(35)20-30)8-10-25-32(5)14-13-26(42-28(39)23(36)9-11-27(37)38)31(3,4)24(32)12-15-34(25,33)7/h8,22-26H,9-20,36H2,1-7H3,(H2,37,38)(H,40,41)/t22-,23-,24-,25+,26-,32-,33+,34+,35-/m0/s1. The quantitative estimate of drug-likeness (QED) is 0.245. The molecule has 0 unspecified atom stereocenters. The highest BCUT2D eigenvalue weighted by Crippen LogP contribution is 2.75. The Bertz CT molecular complexity index is 1180. The number of allylic oxidation sites excluding steroid dienone is 2. The average Bonchev–Trinajstić information content (AvgIpc) is 2.88. The van der Waals surface area contributed by atoms with Crippen molar-refractivity contribution < 1.29 is 24.2 Å². The molecule has 42 heavy (non-hydrogen) atoms. The highest BCUT2D eigenvalue weighted by Gasteiger charge is 2.69. The summed E-state index contributed by atoms with van der Waals surface area (Å²) < 4.78 is 6.09. The smallest absolute Gasteiger partial charge is 0.323 e. The fourth-order valence-corrected chi connectivity index (χ4v) is 11.5. The fraction of sp³-hybridized carbons (Fsp3) is 0.857. The van der Waals surface area contributed by atoms with E-state index in [9.17, 15) is 19.5 Å². The van der Waals surface area contributed by atoms with Crippen LogP contribution in [-0.4, -0.2) is 35.1 Å². The molecule has 0 aromatic carbocycles. The Hall–Kier alpha value is -1.89. The number of esters is 1. The van der Waals surface area contributed by atoms with Gasteiger partial charge in [-0.05, 0) is 110 Å². The zero-order chi connectivity index (χ0) is 31.1. The maximum absolute atomic E-state index is 12.9. The van der Waals surface area contributed by atoms with Crippen molar-refractivity contribution in [2.45, 2.75) is 138 Å². The van der Waals surface area contributed by atoms with Gasteiger partial charge in [-0.15, -0.1) is 0 Å². The Morgan fingerprint density at radius 2 is 1.62 bits per heavy atom. The third-order valence-corrected chi connectivity index (χ3v) is 14.3. The number of primary amides is 1. The van der Waals surface area contributed by atoms with Crippen LogP contribution in [0.25, 0.3) is 0 Å². The molecule has 0 spiro atoms. The van der Waals surface area contributed by atoms with Gasteiger partial charge in [0.15, 0.2) is 0 Å². The summed E-state index contributed by atoms with van der Waals surface area (Å²) in [6.45, 7) is 16.7. The Balaban J connectivity index is 1.43. The summed E-state index contributed by atoms with van der Waals surface area (Å²) in [5.74, 6) is -0.486. The first-order valence-electron chi connectivity index (χ1n) is 16.5. The van der Waals surface area contributed by atoms with Crippen molar-refractivity contribution >= 4 is 17.8 Å². The van der Waals surface area contributed by atoms with Gasteiger partial charge in [-0.3, -0.25) is 14.4 Å². The number of fused-ring (bicyclic) bond motifs is 7. The second-order valence-corrected chi connectivity index (χ2v) is 17.1. The molecule has 4 fully saturated rings. The molecule has 0 saturated heterocycles. The van der Waals surface area contributed by atoms with Gasteiger partial charge in [-0.1, -0.05) is 60.1 Å². The van der Waals surface area contributed by atoms with E-state index < -0.39 is 29.3 Å². The minimum absolute atomic E-state index is 0.0123. The molecule has 0 aromatic rings. The summed E-state index contributed by atoms with van der Waals surface area (Å²) in [5.41, 5.74) is 12.3. The number of amides is 1. The van der Waals surface area contributed by atoms with Crippen LogP contribution < -0.4 is 11.5 Å². The molecule has 0 aromatic heterocycles. The highest BCUT2D eigenvalue weighted by molar-refractivity contribution is 5.78. The molecule has 0 heterocycles. The third kappa shape index (κ3) is 4.49. The van der Waals surface area contributed by atoms with Crippen LogP contribution >= 0.6 is 0 Å². The van der Waals surface area contributed by atoms with E-state index >= 15 is 0 Å². The van der Waals surface area contributed by atoms with E-state index in [2.05, 4.69) is 54.5 Å². The normalized spacial score (nSPS) is 44.2. The third-order valence-electron chi connectivity index (χ3n) is 14.3. The maximum atomic E-state index is 12.9. The van der Waals surface area contributed by atoms with Crippen molar-refractivity contribution in [3.05, 3.63) is 11.6 Å². The summed E-state index contributed by atoms with van der Waals surface area (Å²) >= 11 is 0. The topological polar surface area (TPSA) is 133 Å². The van der Waals surface area contributed by atoms with Crippen LogP contribution in [0.5, 0.6) is 0 Å². The zero-order valence-corrected chi connectivity index (χ0v) is 27.2. The first-order valence-corrected chi connectivity index (χ1v) is 16.5. The molecule has 0 aliphatic heterocycles. The van der Waals surface area contributed by atoms with Crippen molar-refractivity contribution in [2.75, 3.05) is 0 Å². The lowest BCUT2D eigenvalue weighted by Crippen LogP contribution is -2.65. The van der Waals surface area contributed by atoms with Gasteiger partial charge in [-0.25, -0.2) is 0 Å². The number of carboxylic acid groups (broad SMARTS) is 1. The maximum Gasteiger partial charge on any atom is 0.323 e. The largest absolute Gasteiger partial charge is 0.481 e. The van der Waals surface area contributed by atoms with Crippen LogP contribution in [0.1, 0.15) is 126 Å². The second kappa shape index (κ2) is 10.1. The van der Waals surface area contributed by atoms with E-state index in [1.165, 1.54) is 5.57 Å². The molecule has 9 atom stereocenters. The van der Waals surface area contributed by atoms with Gasteiger partial charge in [0.2, 0.25) is 5.91 Å². The monoisotopic (exact) mass is 584 g/mol. The Kier molecular flexibility index (Phi) is 7.56. The number of carboxylic acids is 1. The number of carbonyl (C=O) groups excluding carboxylic acids is 2. The number of hydrogen-bond acceptors (Lipinski definition) is 5. The summed E-state index contributed by atoms with van der Waals surface area (Å²) in [7, 11) is 0. The molecule has 5 aliphatic rings. The number of rotatable bonds is 6. The molecule has 4 saturated carbocycles. The van der Waals surface area contributed by atoms with Crippen LogP contribution in [0.2, 0.25) is 0 Å². The van der Waals surface area contributed by atoms with Gasteiger partial charge in [0.25, 0.3) is 0 Å². The Morgan fingerprint density at radius 3 is 2.26 bits per heavy atom. The first kappa shape index (κ1) is 31.5. The molecule has 7 heteroatoms. The molecule has 0 radical (unpaired) electrons. The average molecular weight is 585 g/mol. The van der Waals surface area contributed by atoms with Crippen molar-refractivity contribution in [3.8, 4) is 0 Å². The van der Waals surface area contributed by atoms with Gasteiger partial charge in [0, 0.05) is 11.8 Å². The summed E-state index contributed by atoms with van der Waals surface area (Å²) in [6.07, 6.45) is 12.0. The SMILES string of the molecule is CC1(C)CC[C@]2(C(=O)O)CC[C@]3(C)C(=CC[C@@H]4[C@@]5(C)CC[C@H](OC(=O)[C@@H](N)CCC(N)=O)C(C)(C)[C@@H]5CC[C@]43C)[C@@H]2C1. The minimum Gasteiger partial charge on any atom is -0.481 e. The lowest BCUT2D eigenvalue weighted by molar-refractivity contribution is -0.214. The van der Waals surface area contributed by atoms with Gasteiger partial charge in [0.1, 0.15) is 12.1 Å². The predicted octanol–water partition coefficient (Wildman–Crippen LogP) is 6.38. The van der Waals surface area contributed by atoms with Crippen molar-refractivity contribution in [1.82, 2.24) is 0 Å². The lowest BCUT2D eigenvalue weighted by atomic mass is 9.33. The molecule has 0 bridgehead atoms. The molecule has 5 rings (SSSR count). The van der Waals surface area contributed by atoms with Crippen LogP contribution in [-0.2, 0) is 19.1 Å². The molecule has 236 valence electrons. The first-order chi connectivity index (χ1) is 19.3. The summed E-state index contributed by atoms with van der Waals surface area (Å²) in [6, 6.07) is -0.841. The number of hydrogen-bond donors (Lipinski definition) is 3. The van der Waals surface area contributed by atoms with E-state index in [1.807, 2.05) is 0 Å². The van der Waals surface area contributed by atoms with Gasteiger partial charge >= 0.3 is 11.9 Å². The number of nitrogens with two attached hydrogens (primary N) is 2. The molecule has 1 amide bonds. The predicted molar refractivity (Wildman–Crippen MR) is 163 cm³/mol. The van der Waals surface area contributed by atoms with E-state index in [4.69, 9.17) is 16.2 Å².